The lowest BCUT2D eigenvalue weighted by Gasteiger charge is -2.30. The minimum Gasteiger partial charge on any atom is -0.312 e. The van der Waals surface area contributed by atoms with Gasteiger partial charge in [0.2, 0.25) is 15.9 Å². The maximum atomic E-state index is 12.7. The van der Waals surface area contributed by atoms with Gasteiger partial charge >= 0.3 is 0 Å². The minimum absolute atomic E-state index is 0.0537. The van der Waals surface area contributed by atoms with Gasteiger partial charge in [-0.2, -0.15) is 0 Å². The van der Waals surface area contributed by atoms with Crippen molar-refractivity contribution in [3.8, 4) is 0 Å². The van der Waals surface area contributed by atoms with Crippen molar-refractivity contribution in [3.63, 3.8) is 0 Å². The molecule has 1 aromatic carbocycles. The lowest BCUT2D eigenvalue weighted by atomic mass is 9.96. The van der Waals surface area contributed by atoms with Crippen molar-refractivity contribution in [3.05, 3.63) is 23.8 Å². The molecule has 5 nitrogen and oxygen atoms in total. The van der Waals surface area contributed by atoms with E-state index in [4.69, 9.17) is 0 Å². The van der Waals surface area contributed by atoms with Gasteiger partial charge in [0.25, 0.3) is 0 Å². The van der Waals surface area contributed by atoms with Crippen molar-refractivity contribution in [1.82, 2.24) is 4.72 Å². The van der Waals surface area contributed by atoms with Crippen LogP contribution in [0.2, 0.25) is 0 Å². The molecule has 1 heterocycles. The van der Waals surface area contributed by atoms with Gasteiger partial charge in [-0.3, -0.25) is 4.79 Å². The van der Waals surface area contributed by atoms with Gasteiger partial charge < -0.3 is 4.90 Å². The third kappa shape index (κ3) is 3.64. The Morgan fingerprint density at radius 1 is 1.21 bits per heavy atom. The second kappa shape index (κ2) is 7.23. The number of benzene rings is 1. The molecular formula is C18H26N2O3S. The number of sulfonamides is 1. The Labute approximate surface area is 144 Å². The fourth-order valence-electron chi connectivity index (χ4n) is 3.70. The number of carbonyl (C=O) groups excluding carboxylic acids is 1. The first kappa shape index (κ1) is 17.4. The van der Waals surface area contributed by atoms with Crippen LogP contribution in [0.5, 0.6) is 0 Å². The number of nitrogens with one attached hydrogen (secondary N) is 1. The molecule has 0 radical (unpaired) electrons. The topological polar surface area (TPSA) is 66.5 Å². The van der Waals surface area contributed by atoms with Gasteiger partial charge in [0.1, 0.15) is 0 Å². The summed E-state index contributed by atoms with van der Waals surface area (Å²) in [4.78, 5) is 14.2. The normalized spacial score (nSPS) is 19.1. The molecule has 3 rings (SSSR count). The van der Waals surface area contributed by atoms with Crippen molar-refractivity contribution < 1.29 is 13.2 Å². The molecule has 0 bridgehead atoms. The van der Waals surface area contributed by atoms with Gasteiger partial charge in [0.05, 0.1) is 4.90 Å². The number of fused-ring (bicyclic) bond motifs is 1. The molecule has 1 fully saturated rings. The summed E-state index contributed by atoms with van der Waals surface area (Å²) in [6.45, 7) is 2.57. The first-order valence-corrected chi connectivity index (χ1v) is 10.4. The number of amides is 1. The molecule has 0 aromatic heterocycles. The van der Waals surface area contributed by atoms with Gasteiger partial charge in [-0.05, 0) is 49.4 Å². The van der Waals surface area contributed by atoms with Crippen molar-refractivity contribution >= 4 is 21.6 Å². The first-order chi connectivity index (χ1) is 11.5. The number of rotatable bonds is 4. The molecule has 0 spiro atoms. The Morgan fingerprint density at radius 3 is 2.67 bits per heavy atom. The Kier molecular flexibility index (Phi) is 5.25. The fraction of sp³-hybridized carbons (Fsp3) is 0.611. The van der Waals surface area contributed by atoms with E-state index in [-0.39, 0.29) is 11.9 Å². The van der Waals surface area contributed by atoms with E-state index in [9.17, 15) is 13.2 Å². The highest BCUT2D eigenvalue weighted by molar-refractivity contribution is 7.89. The van der Waals surface area contributed by atoms with Crippen LogP contribution in [0.15, 0.2) is 23.1 Å². The van der Waals surface area contributed by atoms with Crippen LogP contribution >= 0.6 is 0 Å². The highest BCUT2D eigenvalue weighted by Gasteiger charge is 2.26. The zero-order chi connectivity index (χ0) is 17.2. The molecule has 24 heavy (non-hydrogen) atoms. The van der Waals surface area contributed by atoms with E-state index in [2.05, 4.69) is 4.72 Å². The average molecular weight is 350 g/mol. The lowest BCUT2D eigenvalue weighted by molar-refractivity contribution is -0.118. The van der Waals surface area contributed by atoms with Crippen molar-refractivity contribution in [2.75, 3.05) is 11.4 Å². The molecule has 1 saturated carbocycles. The van der Waals surface area contributed by atoms with E-state index < -0.39 is 10.0 Å². The van der Waals surface area contributed by atoms with Crippen molar-refractivity contribution in [2.45, 2.75) is 69.2 Å². The molecule has 1 aromatic rings. The van der Waals surface area contributed by atoms with E-state index >= 15 is 0 Å². The minimum atomic E-state index is -3.49. The third-order valence-corrected chi connectivity index (χ3v) is 6.53. The number of hydrogen-bond acceptors (Lipinski definition) is 3. The lowest BCUT2D eigenvalue weighted by Crippen LogP contribution is -2.37. The van der Waals surface area contributed by atoms with E-state index in [1.54, 1.807) is 23.1 Å². The maximum absolute atomic E-state index is 12.7. The van der Waals surface area contributed by atoms with Crippen LogP contribution in [0.4, 0.5) is 5.69 Å². The van der Waals surface area contributed by atoms with Crippen LogP contribution in [-0.2, 0) is 21.2 Å². The van der Waals surface area contributed by atoms with Crippen molar-refractivity contribution in [2.24, 2.45) is 0 Å². The van der Waals surface area contributed by atoms with Crippen LogP contribution in [0.1, 0.15) is 57.4 Å². The highest BCUT2D eigenvalue weighted by atomic mass is 32.2. The highest BCUT2D eigenvalue weighted by Crippen LogP contribution is 2.30. The Bertz CT molecular complexity index is 709. The summed E-state index contributed by atoms with van der Waals surface area (Å²) in [5.41, 5.74) is 1.82. The zero-order valence-electron chi connectivity index (χ0n) is 14.3. The molecule has 1 aliphatic heterocycles. The van der Waals surface area contributed by atoms with Crippen LogP contribution in [0.3, 0.4) is 0 Å². The van der Waals surface area contributed by atoms with E-state index in [1.165, 1.54) is 6.42 Å². The number of aryl methyl sites for hydroxylation is 1. The van der Waals surface area contributed by atoms with Gasteiger partial charge in [-0.15, -0.1) is 0 Å². The first-order valence-electron chi connectivity index (χ1n) is 8.97. The Hall–Kier alpha value is -1.40. The second-order valence-electron chi connectivity index (χ2n) is 6.75. The zero-order valence-corrected chi connectivity index (χ0v) is 15.1. The summed E-state index contributed by atoms with van der Waals surface area (Å²) in [6, 6.07) is 5.22. The standard InChI is InChI=1S/C18H26N2O3S/c1-2-18(21)20-12-6-7-14-13-16(10-11-17(14)20)24(22,23)19-15-8-4-3-5-9-15/h10-11,13,15,19H,2-9,12H2,1H3. The molecule has 1 N–H and O–H groups in total. The summed E-state index contributed by atoms with van der Waals surface area (Å²) >= 11 is 0. The second-order valence-corrected chi connectivity index (χ2v) is 8.46. The van der Waals surface area contributed by atoms with Crippen LogP contribution in [-0.4, -0.2) is 26.9 Å². The van der Waals surface area contributed by atoms with Gasteiger partial charge in [0.15, 0.2) is 0 Å². The number of carbonyl (C=O) groups is 1. The van der Waals surface area contributed by atoms with Gasteiger partial charge in [-0.25, -0.2) is 13.1 Å². The number of anilines is 1. The Balaban J connectivity index is 1.83. The predicted molar refractivity (Wildman–Crippen MR) is 94.6 cm³/mol. The van der Waals surface area contributed by atoms with Crippen LogP contribution in [0, 0.1) is 0 Å². The third-order valence-electron chi connectivity index (χ3n) is 5.01. The molecule has 2 aliphatic rings. The van der Waals surface area contributed by atoms with Gasteiger partial charge in [-0.1, -0.05) is 26.2 Å². The summed E-state index contributed by atoms with van der Waals surface area (Å²) < 4.78 is 28.2. The monoisotopic (exact) mass is 350 g/mol. The number of nitrogens with zero attached hydrogens (tertiary/aromatic N) is 1. The van der Waals surface area contributed by atoms with E-state index in [0.29, 0.717) is 17.9 Å². The molecule has 1 amide bonds. The molecule has 0 atom stereocenters. The average Bonchev–Trinajstić information content (AvgIpc) is 2.60. The summed E-state index contributed by atoms with van der Waals surface area (Å²) in [7, 11) is -3.49. The Morgan fingerprint density at radius 2 is 1.96 bits per heavy atom. The molecule has 6 heteroatoms. The van der Waals surface area contributed by atoms with E-state index in [0.717, 1.165) is 49.8 Å². The SMILES string of the molecule is CCC(=O)N1CCCc2cc(S(=O)(=O)NC3CCCCC3)ccc21. The molecule has 1 aliphatic carbocycles. The quantitative estimate of drug-likeness (QED) is 0.908. The molecule has 132 valence electrons. The smallest absolute Gasteiger partial charge is 0.240 e. The predicted octanol–water partition coefficient (Wildman–Crippen LogP) is 2.99. The molecular weight excluding hydrogens is 324 g/mol. The summed E-state index contributed by atoms with van der Waals surface area (Å²) in [5, 5.41) is 0. The van der Waals surface area contributed by atoms with Crippen molar-refractivity contribution in [1.29, 1.82) is 0 Å². The van der Waals surface area contributed by atoms with Crippen LogP contribution < -0.4 is 9.62 Å². The number of hydrogen-bond donors (Lipinski definition) is 1. The summed E-state index contributed by atoms with van der Waals surface area (Å²) in [5.74, 6) is 0.0897. The molecule has 0 saturated heterocycles. The maximum Gasteiger partial charge on any atom is 0.240 e. The summed E-state index contributed by atoms with van der Waals surface area (Å²) in [6.07, 6.45) is 7.36. The fourth-order valence-corrected chi connectivity index (χ4v) is 5.05. The van der Waals surface area contributed by atoms with E-state index in [1.807, 2.05) is 6.92 Å². The largest absolute Gasteiger partial charge is 0.312 e. The molecule has 0 unspecified atom stereocenters. The van der Waals surface area contributed by atoms with Gasteiger partial charge in [0, 0.05) is 24.7 Å². The van der Waals surface area contributed by atoms with Crippen LogP contribution in [0.25, 0.3) is 0 Å².